The first-order valence-corrected chi connectivity index (χ1v) is 18.6. The van der Waals surface area contributed by atoms with Crippen LogP contribution in [0, 0.1) is 0 Å². The Morgan fingerprint density at radius 3 is 1.72 bits per heavy atom. The van der Waals surface area contributed by atoms with Gasteiger partial charge in [0.2, 0.25) is 5.90 Å². The molecule has 1 atom stereocenters. The molecule has 3 nitrogen and oxygen atoms in total. The number of para-hydroxylation sites is 1. The lowest BCUT2D eigenvalue weighted by Gasteiger charge is -2.26. The fraction of sp³-hybridized carbons (Fsp3) is 0.0392. The summed E-state index contributed by atoms with van der Waals surface area (Å²) < 4.78 is 6.30. The zero-order valence-electron chi connectivity index (χ0n) is 29.6. The SMILES string of the molecule is C1=c2c(-c3ccc(-c4ccc(N(c5ccccc5)c5ccc(-c6cccc7ccccc67)cc5)cc4)cc3)cccc2=C2N=C(c3ccccc3)OC2C1. The van der Waals surface area contributed by atoms with Crippen molar-refractivity contribution in [3.63, 3.8) is 0 Å². The predicted octanol–water partition coefficient (Wildman–Crippen LogP) is 11.4. The maximum Gasteiger partial charge on any atom is 0.221 e. The van der Waals surface area contributed by atoms with E-state index >= 15 is 0 Å². The average molecular weight is 693 g/mol. The van der Waals surface area contributed by atoms with Crippen molar-refractivity contribution in [1.29, 1.82) is 0 Å². The van der Waals surface area contributed by atoms with Gasteiger partial charge in [0.05, 0.1) is 5.70 Å². The Morgan fingerprint density at radius 2 is 0.981 bits per heavy atom. The minimum absolute atomic E-state index is 0.0412. The summed E-state index contributed by atoms with van der Waals surface area (Å²) in [5, 5.41) is 4.90. The molecule has 1 aliphatic heterocycles. The molecule has 0 spiro atoms. The van der Waals surface area contributed by atoms with Crippen molar-refractivity contribution in [2.75, 3.05) is 4.90 Å². The highest BCUT2D eigenvalue weighted by Crippen LogP contribution is 2.38. The van der Waals surface area contributed by atoms with Crippen molar-refractivity contribution in [3.05, 3.63) is 210 Å². The lowest BCUT2D eigenvalue weighted by Crippen LogP contribution is -2.35. The Balaban J connectivity index is 0.942. The van der Waals surface area contributed by atoms with Crippen molar-refractivity contribution in [3.8, 4) is 33.4 Å². The zero-order valence-corrected chi connectivity index (χ0v) is 29.6. The van der Waals surface area contributed by atoms with E-state index in [0.29, 0.717) is 5.90 Å². The zero-order chi connectivity index (χ0) is 35.8. The second kappa shape index (κ2) is 13.5. The van der Waals surface area contributed by atoms with Gasteiger partial charge in [0.25, 0.3) is 0 Å². The summed E-state index contributed by atoms with van der Waals surface area (Å²) in [4.78, 5) is 7.30. The average Bonchev–Trinajstić information content (AvgIpc) is 3.70. The van der Waals surface area contributed by atoms with Crippen LogP contribution in [0.4, 0.5) is 17.1 Å². The van der Waals surface area contributed by atoms with Crippen LogP contribution in [-0.2, 0) is 4.74 Å². The van der Waals surface area contributed by atoms with Crippen LogP contribution in [0.2, 0.25) is 0 Å². The normalized spacial score (nSPS) is 14.4. The molecule has 8 aromatic rings. The lowest BCUT2D eigenvalue weighted by molar-refractivity contribution is 0.267. The Kier molecular flexibility index (Phi) is 7.96. The van der Waals surface area contributed by atoms with Crippen molar-refractivity contribution in [2.24, 2.45) is 4.99 Å². The fourth-order valence-electron chi connectivity index (χ4n) is 7.93. The molecule has 0 radical (unpaired) electrons. The van der Waals surface area contributed by atoms with E-state index in [2.05, 4.69) is 187 Å². The number of hydrogen-bond acceptors (Lipinski definition) is 3. The highest BCUT2D eigenvalue weighted by Gasteiger charge is 2.28. The fourth-order valence-corrected chi connectivity index (χ4v) is 7.93. The molecular weight excluding hydrogens is 657 g/mol. The van der Waals surface area contributed by atoms with Crippen molar-refractivity contribution in [2.45, 2.75) is 12.5 Å². The molecule has 2 aliphatic rings. The number of anilines is 3. The number of fused-ring (bicyclic) bond motifs is 3. The van der Waals surface area contributed by atoms with Crippen LogP contribution >= 0.6 is 0 Å². The van der Waals surface area contributed by atoms with Crippen LogP contribution in [0.25, 0.3) is 55.9 Å². The number of benzene rings is 8. The Bertz CT molecular complexity index is 2780. The van der Waals surface area contributed by atoms with Gasteiger partial charge in [-0.15, -0.1) is 0 Å². The van der Waals surface area contributed by atoms with Crippen molar-refractivity contribution in [1.82, 2.24) is 0 Å². The summed E-state index contributed by atoms with van der Waals surface area (Å²) in [7, 11) is 0. The highest BCUT2D eigenvalue weighted by atomic mass is 16.5. The van der Waals surface area contributed by atoms with Crippen LogP contribution in [0.3, 0.4) is 0 Å². The van der Waals surface area contributed by atoms with E-state index in [-0.39, 0.29) is 6.10 Å². The molecule has 0 aromatic heterocycles. The third-order valence-electron chi connectivity index (χ3n) is 10.6. The third-order valence-corrected chi connectivity index (χ3v) is 10.6. The molecule has 3 heteroatoms. The van der Waals surface area contributed by atoms with Crippen LogP contribution in [-0.4, -0.2) is 12.0 Å². The second-order valence-corrected chi connectivity index (χ2v) is 13.9. The van der Waals surface area contributed by atoms with Crippen molar-refractivity contribution >= 4 is 45.5 Å². The van der Waals surface area contributed by atoms with Gasteiger partial charge in [-0.2, -0.15) is 0 Å². The van der Waals surface area contributed by atoms with Crippen LogP contribution in [0.15, 0.2) is 199 Å². The summed E-state index contributed by atoms with van der Waals surface area (Å²) >= 11 is 0. The molecule has 0 bridgehead atoms. The van der Waals surface area contributed by atoms with E-state index < -0.39 is 0 Å². The van der Waals surface area contributed by atoms with Crippen LogP contribution in [0.1, 0.15) is 12.0 Å². The monoisotopic (exact) mass is 692 g/mol. The smallest absolute Gasteiger partial charge is 0.221 e. The van der Waals surface area contributed by atoms with E-state index in [1.807, 2.05) is 18.2 Å². The second-order valence-electron chi connectivity index (χ2n) is 13.9. The van der Waals surface area contributed by atoms with E-state index in [1.165, 1.54) is 49.4 Å². The maximum atomic E-state index is 6.30. The summed E-state index contributed by atoms with van der Waals surface area (Å²) in [6, 6.07) is 69.1. The standard InChI is InChI=1S/C51H36N2O/c1-3-12-40(13-4-1)51-52-50-48-20-10-19-46(47(48)33-34-49(50)54-51)38-23-21-35(22-24-38)36-25-29-42(30-26-36)53(41-15-5-2-6-16-41)43-31-27-39(28-32-43)45-18-9-14-37-11-7-8-17-44(37)45/h1-33,49H,34H2. The molecule has 1 aliphatic carbocycles. The molecule has 10 rings (SSSR count). The number of aliphatic imine (C=N–C) groups is 1. The molecule has 0 N–H and O–H groups in total. The van der Waals surface area contributed by atoms with Gasteiger partial charge in [0, 0.05) is 34.3 Å². The molecule has 54 heavy (non-hydrogen) atoms. The van der Waals surface area contributed by atoms with Gasteiger partial charge >= 0.3 is 0 Å². The Morgan fingerprint density at radius 1 is 0.444 bits per heavy atom. The van der Waals surface area contributed by atoms with Gasteiger partial charge in [-0.1, -0.05) is 152 Å². The third kappa shape index (κ3) is 5.77. The Hall–Kier alpha value is -6.97. The van der Waals surface area contributed by atoms with Crippen molar-refractivity contribution < 1.29 is 4.74 Å². The van der Waals surface area contributed by atoms with E-state index in [4.69, 9.17) is 9.73 Å². The summed E-state index contributed by atoms with van der Waals surface area (Å²) in [6.45, 7) is 0. The van der Waals surface area contributed by atoms with Gasteiger partial charge in [-0.25, -0.2) is 4.99 Å². The maximum absolute atomic E-state index is 6.30. The highest BCUT2D eigenvalue weighted by molar-refractivity contribution is 6.00. The number of nitrogens with zero attached hydrogens (tertiary/aromatic N) is 2. The minimum atomic E-state index is -0.0412. The van der Waals surface area contributed by atoms with E-state index in [0.717, 1.165) is 40.0 Å². The first-order chi connectivity index (χ1) is 26.8. The first-order valence-electron chi connectivity index (χ1n) is 18.6. The van der Waals surface area contributed by atoms with Gasteiger partial charge in [0.15, 0.2) is 0 Å². The quantitative estimate of drug-likeness (QED) is 0.166. The Labute approximate surface area is 315 Å². The van der Waals surface area contributed by atoms with Gasteiger partial charge in [-0.05, 0) is 97.9 Å². The molecule has 0 saturated heterocycles. The molecule has 1 unspecified atom stereocenters. The summed E-state index contributed by atoms with van der Waals surface area (Å²) in [5.74, 6) is 0.708. The predicted molar refractivity (Wildman–Crippen MR) is 225 cm³/mol. The number of ether oxygens (including phenoxy) is 1. The number of rotatable bonds is 7. The molecular formula is C51H36N2O. The lowest BCUT2D eigenvalue weighted by atomic mass is 9.94. The largest absolute Gasteiger partial charge is 0.467 e. The first kappa shape index (κ1) is 31.7. The van der Waals surface area contributed by atoms with Gasteiger partial charge in [0.1, 0.15) is 6.10 Å². The molecule has 0 amide bonds. The molecule has 1 heterocycles. The number of hydrogen-bond donors (Lipinski definition) is 0. The molecule has 8 aromatic carbocycles. The van der Waals surface area contributed by atoms with Crippen LogP contribution < -0.4 is 15.3 Å². The summed E-state index contributed by atoms with van der Waals surface area (Å²) in [5.41, 5.74) is 12.6. The van der Waals surface area contributed by atoms with Gasteiger partial charge < -0.3 is 9.64 Å². The molecule has 256 valence electrons. The van der Waals surface area contributed by atoms with E-state index in [1.54, 1.807) is 0 Å². The molecule has 0 saturated carbocycles. The minimum Gasteiger partial charge on any atom is -0.467 e. The summed E-state index contributed by atoms with van der Waals surface area (Å²) in [6.07, 6.45) is 3.07. The van der Waals surface area contributed by atoms with Crippen LogP contribution in [0.5, 0.6) is 0 Å². The van der Waals surface area contributed by atoms with E-state index in [9.17, 15) is 0 Å². The van der Waals surface area contributed by atoms with Gasteiger partial charge in [-0.3, -0.25) is 0 Å². The topological polar surface area (TPSA) is 24.8 Å². The molecule has 0 fully saturated rings.